The monoisotopic (exact) mass is 498 g/mol. The zero-order chi connectivity index (χ0) is 24.7. The first-order valence-electron chi connectivity index (χ1n) is 12.4. The van der Waals surface area contributed by atoms with Crippen LogP contribution in [0.1, 0.15) is 70.4 Å². The van der Waals surface area contributed by atoms with Gasteiger partial charge in [0.05, 0.1) is 5.69 Å². The maximum Gasteiger partial charge on any atom is 0.248 e. The van der Waals surface area contributed by atoms with E-state index < -0.39 is 22.0 Å². The van der Waals surface area contributed by atoms with Crippen LogP contribution in [0.5, 0.6) is 0 Å². The lowest BCUT2D eigenvalue weighted by molar-refractivity contribution is -0.138. The molecule has 0 N–H and O–H groups in total. The van der Waals surface area contributed by atoms with E-state index in [0.717, 1.165) is 31.5 Å². The third-order valence-electron chi connectivity index (χ3n) is 7.75. The first kappa shape index (κ1) is 25.3. The van der Waals surface area contributed by atoms with Gasteiger partial charge in [-0.2, -0.15) is 4.31 Å². The Morgan fingerprint density at radius 1 is 1.12 bits per heavy atom. The van der Waals surface area contributed by atoms with Gasteiger partial charge >= 0.3 is 0 Å². The van der Waals surface area contributed by atoms with Crippen molar-refractivity contribution in [1.82, 2.24) is 14.2 Å². The number of carbonyl (C=O) groups excluding carboxylic acids is 1. The quantitative estimate of drug-likeness (QED) is 0.615. The normalized spacial score (nSPS) is 26.6. The second-order valence-electron chi connectivity index (χ2n) is 10.1. The summed E-state index contributed by atoms with van der Waals surface area (Å²) in [5.41, 5.74) is 1.40. The Hall–Kier alpha value is -1.81. The van der Waals surface area contributed by atoms with Crippen LogP contribution >= 0.6 is 0 Å². The number of rotatable bonds is 5. The summed E-state index contributed by atoms with van der Waals surface area (Å²) in [6.45, 7) is 5.00. The van der Waals surface area contributed by atoms with Crippen molar-refractivity contribution in [2.45, 2.75) is 101 Å². The average Bonchev–Trinajstić information content (AvgIpc) is 3.29. The summed E-state index contributed by atoms with van der Waals surface area (Å²) in [6, 6.07) is 0.945. The Labute approximate surface area is 201 Å². The van der Waals surface area contributed by atoms with Gasteiger partial charge in [-0.05, 0) is 64.9 Å². The molecule has 3 heterocycles. The van der Waals surface area contributed by atoms with Gasteiger partial charge in [0.15, 0.2) is 0 Å². The predicted octanol–water partition coefficient (Wildman–Crippen LogP) is 3.96. The lowest BCUT2D eigenvalue weighted by atomic mass is 9.91. The largest absolute Gasteiger partial charge is 0.368 e. The van der Waals surface area contributed by atoms with Crippen molar-refractivity contribution < 1.29 is 22.0 Å². The molecule has 0 spiro atoms. The van der Waals surface area contributed by atoms with Crippen LogP contribution in [0.2, 0.25) is 0 Å². The van der Waals surface area contributed by atoms with E-state index in [1.165, 1.54) is 15.4 Å². The molecule has 1 aromatic rings. The zero-order valence-electron chi connectivity index (χ0n) is 20.3. The second kappa shape index (κ2) is 9.68. The van der Waals surface area contributed by atoms with Gasteiger partial charge in [0.25, 0.3) is 0 Å². The molecule has 1 saturated carbocycles. The van der Waals surface area contributed by atoms with E-state index in [2.05, 4.69) is 16.8 Å². The Bertz CT molecular complexity index is 1010. The molecule has 7 nitrogen and oxygen atoms in total. The van der Waals surface area contributed by atoms with Crippen molar-refractivity contribution in [1.29, 1.82) is 0 Å². The molecule has 10 heteroatoms. The molecule has 34 heavy (non-hydrogen) atoms. The molecule has 0 unspecified atom stereocenters. The van der Waals surface area contributed by atoms with Gasteiger partial charge in [0.1, 0.15) is 10.9 Å². The third kappa shape index (κ3) is 4.94. The van der Waals surface area contributed by atoms with Crippen molar-refractivity contribution in [3.8, 4) is 0 Å². The third-order valence-corrected chi connectivity index (χ3v) is 9.68. The smallest absolute Gasteiger partial charge is 0.248 e. The van der Waals surface area contributed by atoms with Crippen molar-refractivity contribution in [2.75, 3.05) is 25.0 Å². The molecule has 1 aromatic heterocycles. The molecule has 0 bridgehead atoms. The Morgan fingerprint density at radius 2 is 1.82 bits per heavy atom. The summed E-state index contributed by atoms with van der Waals surface area (Å²) < 4.78 is 56.3. The number of anilines is 1. The summed E-state index contributed by atoms with van der Waals surface area (Å²) >= 11 is 0. The molecule has 2 atom stereocenters. The molecule has 3 fully saturated rings. The molecule has 0 radical (unpaired) electrons. The van der Waals surface area contributed by atoms with E-state index in [9.17, 15) is 22.0 Å². The van der Waals surface area contributed by atoms with E-state index in [4.69, 9.17) is 0 Å². The van der Waals surface area contributed by atoms with Crippen LogP contribution in [0, 0.1) is 6.92 Å². The highest BCUT2D eigenvalue weighted by molar-refractivity contribution is 7.89. The predicted molar refractivity (Wildman–Crippen MR) is 127 cm³/mol. The second-order valence-corrected chi connectivity index (χ2v) is 12.0. The molecule has 3 aliphatic rings. The molecule has 0 aromatic carbocycles. The topological polar surface area (TPSA) is 73.8 Å². The minimum Gasteiger partial charge on any atom is -0.368 e. The number of hydrogen-bond acceptors (Lipinski definition) is 5. The lowest BCUT2D eigenvalue weighted by Crippen LogP contribution is -2.51. The summed E-state index contributed by atoms with van der Waals surface area (Å²) in [7, 11) is -2.36. The van der Waals surface area contributed by atoms with Gasteiger partial charge < -0.3 is 9.80 Å². The standard InChI is InChI=1S/C24H36F2N4O3S/c1-17-15-21(29-13-5-4-7-18(29)2)22(16-27-17)34(32,33)30-14-6-8-20(30)23(31)28(3)19-9-11-24(25,26)12-10-19/h15-16,18-20H,4-14H2,1-3H3/t18-,20-/m0/s1. The number of halogens is 2. The van der Waals surface area contributed by atoms with Gasteiger partial charge in [-0.25, -0.2) is 17.2 Å². The minimum absolute atomic E-state index is 0.145. The van der Waals surface area contributed by atoms with E-state index >= 15 is 0 Å². The molecule has 1 aliphatic carbocycles. The molecule has 2 aliphatic heterocycles. The van der Waals surface area contributed by atoms with Crippen LogP contribution in [-0.2, 0) is 14.8 Å². The molecular weight excluding hydrogens is 462 g/mol. The number of likely N-dealkylation sites (N-methyl/N-ethyl adjacent to an activating group) is 1. The van der Waals surface area contributed by atoms with Gasteiger partial charge in [0.2, 0.25) is 21.9 Å². The Balaban J connectivity index is 1.59. The van der Waals surface area contributed by atoms with Crippen LogP contribution in [-0.4, -0.2) is 72.7 Å². The van der Waals surface area contributed by atoms with E-state index in [1.807, 2.05) is 13.0 Å². The number of piperidine rings is 1. The van der Waals surface area contributed by atoms with Crippen LogP contribution < -0.4 is 4.90 Å². The maximum absolute atomic E-state index is 13.9. The highest BCUT2D eigenvalue weighted by Gasteiger charge is 2.44. The van der Waals surface area contributed by atoms with Gasteiger partial charge in [0, 0.05) is 57.0 Å². The number of hydrogen-bond donors (Lipinski definition) is 0. The number of nitrogens with zero attached hydrogens (tertiary/aromatic N) is 4. The van der Waals surface area contributed by atoms with Gasteiger partial charge in [-0.1, -0.05) is 0 Å². The van der Waals surface area contributed by atoms with Crippen molar-refractivity contribution in [3.63, 3.8) is 0 Å². The molecule has 2 saturated heterocycles. The molecule has 190 valence electrons. The van der Waals surface area contributed by atoms with Crippen LogP contribution in [0.25, 0.3) is 0 Å². The number of carbonyl (C=O) groups is 1. The number of aryl methyl sites for hydroxylation is 1. The highest BCUT2D eigenvalue weighted by Crippen LogP contribution is 2.37. The molecular formula is C24H36F2N4O3S. The van der Waals surface area contributed by atoms with Crippen molar-refractivity contribution in [2.24, 2.45) is 0 Å². The molecule has 4 rings (SSSR count). The fourth-order valence-electron chi connectivity index (χ4n) is 5.64. The minimum atomic E-state index is -3.97. The van der Waals surface area contributed by atoms with E-state index in [1.54, 1.807) is 7.05 Å². The fourth-order valence-corrected chi connectivity index (χ4v) is 7.42. The SMILES string of the molecule is Cc1cc(N2CCCC[C@@H]2C)c(S(=O)(=O)N2CCC[C@H]2C(=O)N(C)C2CCC(F)(F)CC2)cn1. The molecule has 1 amide bonds. The van der Waals surface area contributed by atoms with Crippen molar-refractivity contribution >= 4 is 21.6 Å². The number of amides is 1. The summed E-state index contributed by atoms with van der Waals surface area (Å²) in [5.74, 6) is -2.98. The Morgan fingerprint density at radius 3 is 2.50 bits per heavy atom. The number of pyridine rings is 1. The Kier molecular flexibility index (Phi) is 7.20. The number of sulfonamides is 1. The average molecular weight is 499 g/mol. The fraction of sp³-hybridized carbons (Fsp3) is 0.750. The van der Waals surface area contributed by atoms with Crippen molar-refractivity contribution in [3.05, 3.63) is 18.0 Å². The van der Waals surface area contributed by atoms with Crippen LogP contribution in [0.4, 0.5) is 14.5 Å². The summed E-state index contributed by atoms with van der Waals surface area (Å²) in [4.78, 5) is 21.5. The number of alkyl halides is 2. The lowest BCUT2D eigenvalue weighted by Gasteiger charge is -2.38. The van der Waals surface area contributed by atoms with E-state index in [0.29, 0.717) is 18.5 Å². The highest BCUT2D eigenvalue weighted by atomic mass is 32.2. The first-order chi connectivity index (χ1) is 16.0. The summed E-state index contributed by atoms with van der Waals surface area (Å²) in [5, 5.41) is 0. The summed E-state index contributed by atoms with van der Waals surface area (Å²) in [6.07, 6.45) is 5.53. The van der Waals surface area contributed by atoms with E-state index in [-0.39, 0.29) is 55.1 Å². The zero-order valence-corrected chi connectivity index (χ0v) is 21.2. The van der Waals surface area contributed by atoms with Gasteiger partial charge in [-0.3, -0.25) is 9.78 Å². The van der Waals surface area contributed by atoms with Gasteiger partial charge in [-0.15, -0.1) is 0 Å². The van der Waals surface area contributed by atoms with Crippen LogP contribution in [0.3, 0.4) is 0 Å². The first-order valence-corrected chi connectivity index (χ1v) is 13.8. The number of aromatic nitrogens is 1. The van der Waals surface area contributed by atoms with Crippen LogP contribution in [0.15, 0.2) is 17.2 Å². The maximum atomic E-state index is 13.9.